The zero-order valence-corrected chi connectivity index (χ0v) is 13.3. The average Bonchev–Trinajstić information content (AvgIpc) is 3.00. The van der Waals surface area contributed by atoms with E-state index in [2.05, 4.69) is 23.2 Å². The van der Waals surface area contributed by atoms with Crippen LogP contribution in [-0.2, 0) is 6.42 Å². The summed E-state index contributed by atoms with van der Waals surface area (Å²) in [7, 11) is 0. The number of hydrogen-bond donors (Lipinski definition) is 0. The van der Waals surface area contributed by atoms with E-state index in [1.54, 1.807) is 6.20 Å². The lowest BCUT2D eigenvalue weighted by molar-refractivity contribution is 0.207. The number of halogens is 1. The van der Waals surface area contributed by atoms with Crippen molar-refractivity contribution in [3.8, 4) is 16.9 Å². The van der Waals surface area contributed by atoms with Crippen LogP contribution in [0.25, 0.3) is 11.1 Å². The molecular formula is C20H16ClNO. The van der Waals surface area contributed by atoms with Gasteiger partial charge in [-0.15, -0.1) is 0 Å². The Kier molecular flexibility index (Phi) is 3.76. The van der Waals surface area contributed by atoms with Gasteiger partial charge < -0.3 is 4.74 Å². The van der Waals surface area contributed by atoms with Gasteiger partial charge in [0.25, 0.3) is 0 Å². The van der Waals surface area contributed by atoms with Gasteiger partial charge >= 0.3 is 0 Å². The van der Waals surface area contributed by atoms with Crippen molar-refractivity contribution in [2.45, 2.75) is 18.9 Å². The summed E-state index contributed by atoms with van der Waals surface area (Å²) in [5.74, 6) is 0.912. The maximum absolute atomic E-state index is 6.28. The van der Waals surface area contributed by atoms with E-state index in [9.17, 15) is 0 Å². The molecule has 2 nitrogen and oxygen atoms in total. The first kappa shape index (κ1) is 14.3. The summed E-state index contributed by atoms with van der Waals surface area (Å²) >= 11 is 6.28. The fraction of sp³-hybridized carbons (Fsp3) is 0.150. The number of hydrogen-bond acceptors (Lipinski definition) is 2. The molecule has 1 aliphatic rings. The molecule has 1 heterocycles. The molecule has 0 aliphatic heterocycles. The summed E-state index contributed by atoms with van der Waals surface area (Å²) in [4.78, 5) is 4.20. The van der Waals surface area contributed by atoms with Gasteiger partial charge in [-0.25, -0.2) is 4.98 Å². The molecule has 0 saturated carbocycles. The topological polar surface area (TPSA) is 22.1 Å². The summed E-state index contributed by atoms with van der Waals surface area (Å²) in [5.41, 5.74) is 4.74. The smallest absolute Gasteiger partial charge is 0.136 e. The van der Waals surface area contributed by atoms with Crippen LogP contribution in [0.1, 0.15) is 23.7 Å². The van der Waals surface area contributed by atoms with Crippen molar-refractivity contribution in [3.63, 3.8) is 0 Å². The fourth-order valence-corrected chi connectivity index (χ4v) is 3.46. The Morgan fingerprint density at radius 3 is 2.57 bits per heavy atom. The van der Waals surface area contributed by atoms with Crippen LogP contribution in [0, 0.1) is 0 Å². The van der Waals surface area contributed by atoms with Gasteiger partial charge in [0.15, 0.2) is 0 Å². The molecule has 1 aliphatic carbocycles. The lowest BCUT2D eigenvalue weighted by atomic mass is 9.98. The van der Waals surface area contributed by atoms with Crippen LogP contribution in [0.15, 0.2) is 66.9 Å². The van der Waals surface area contributed by atoms with Gasteiger partial charge in [0.1, 0.15) is 17.0 Å². The van der Waals surface area contributed by atoms with Crippen molar-refractivity contribution in [1.29, 1.82) is 0 Å². The van der Waals surface area contributed by atoms with Gasteiger partial charge in [-0.3, -0.25) is 0 Å². The molecule has 0 unspecified atom stereocenters. The predicted molar refractivity (Wildman–Crippen MR) is 92.8 cm³/mol. The Labute approximate surface area is 140 Å². The zero-order chi connectivity index (χ0) is 15.6. The average molecular weight is 322 g/mol. The van der Waals surface area contributed by atoms with Crippen LogP contribution in [0.5, 0.6) is 5.75 Å². The third-order valence-corrected chi connectivity index (χ3v) is 4.59. The van der Waals surface area contributed by atoms with E-state index >= 15 is 0 Å². The Morgan fingerprint density at radius 1 is 0.913 bits per heavy atom. The SMILES string of the molecule is Clc1ncccc1-c1cccc2c1CC[C@H]2Oc1ccccc1. The molecular weight excluding hydrogens is 306 g/mol. The molecule has 0 amide bonds. The molecule has 0 spiro atoms. The molecule has 0 bridgehead atoms. The third-order valence-electron chi connectivity index (χ3n) is 4.29. The molecule has 2 aromatic carbocycles. The van der Waals surface area contributed by atoms with Gasteiger partial charge in [-0.2, -0.15) is 0 Å². The lowest BCUT2D eigenvalue weighted by Gasteiger charge is -2.16. The van der Waals surface area contributed by atoms with E-state index in [1.165, 1.54) is 16.7 Å². The molecule has 0 N–H and O–H groups in total. The van der Waals surface area contributed by atoms with Crippen LogP contribution in [0.3, 0.4) is 0 Å². The Bertz CT molecular complexity index is 832. The second-order valence-corrected chi connectivity index (χ2v) is 6.03. The van der Waals surface area contributed by atoms with E-state index in [-0.39, 0.29) is 6.10 Å². The van der Waals surface area contributed by atoms with Crippen LogP contribution in [0.2, 0.25) is 5.15 Å². The number of pyridine rings is 1. The van der Waals surface area contributed by atoms with Crippen molar-refractivity contribution in [2.75, 3.05) is 0 Å². The molecule has 23 heavy (non-hydrogen) atoms. The number of benzene rings is 2. The van der Waals surface area contributed by atoms with Crippen molar-refractivity contribution < 1.29 is 4.74 Å². The number of para-hydroxylation sites is 1. The van der Waals surface area contributed by atoms with Gasteiger partial charge in [0, 0.05) is 11.8 Å². The maximum Gasteiger partial charge on any atom is 0.136 e. The first-order valence-corrected chi connectivity index (χ1v) is 8.15. The molecule has 0 radical (unpaired) electrons. The quantitative estimate of drug-likeness (QED) is 0.597. The van der Waals surface area contributed by atoms with Crippen molar-refractivity contribution in [2.24, 2.45) is 0 Å². The molecule has 4 rings (SSSR count). The largest absolute Gasteiger partial charge is 0.486 e. The normalized spacial score (nSPS) is 16.1. The van der Waals surface area contributed by atoms with Gasteiger partial charge in [-0.05, 0) is 53.8 Å². The van der Waals surface area contributed by atoms with Crippen molar-refractivity contribution in [1.82, 2.24) is 4.98 Å². The molecule has 0 fully saturated rings. The minimum absolute atomic E-state index is 0.0998. The van der Waals surface area contributed by atoms with Crippen LogP contribution in [-0.4, -0.2) is 4.98 Å². The van der Waals surface area contributed by atoms with E-state index in [0.717, 1.165) is 24.2 Å². The van der Waals surface area contributed by atoms with Gasteiger partial charge in [0.2, 0.25) is 0 Å². The van der Waals surface area contributed by atoms with Gasteiger partial charge in [0.05, 0.1) is 0 Å². The van der Waals surface area contributed by atoms with Crippen LogP contribution in [0.4, 0.5) is 0 Å². The fourth-order valence-electron chi connectivity index (χ4n) is 3.24. The molecule has 3 heteroatoms. The highest BCUT2D eigenvalue weighted by Crippen LogP contribution is 2.41. The molecule has 114 valence electrons. The van der Waals surface area contributed by atoms with E-state index in [0.29, 0.717) is 5.15 Å². The number of nitrogens with zero attached hydrogens (tertiary/aromatic N) is 1. The highest BCUT2D eigenvalue weighted by atomic mass is 35.5. The standard InChI is InChI=1S/C20H16ClNO/c21-20-18(10-5-13-22-20)15-8-4-9-17-16(15)11-12-19(17)23-14-6-2-1-3-7-14/h1-10,13,19H,11-12H2/t19-/m1/s1. The molecule has 3 aromatic rings. The lowest BCUT2D eigenvalue weighted by Crippen LogP contribution is -2.03. The number of rotatable bonds is 3. The number of fused-ring (bicyclic) bond motifs is 1. The number of aromatic nitrogens is 1. The summed E-state index contributed by atoms with van der Waals surface area (Å²) < 4.78 is 6.17. The Balaban J connectivity index is 1.71. The maximum atomic E-state index is 6.28. The Hall–Kier alpha value is -2.32. The van der Waals surface area contributed by atoms with Gasteiger partial charge in [-0.1, -0.05) is 48.0 Å². The van der Waals surface area contributed by atoms with Crippen LogP contribution >= 0.6 is 11.6 Å². The monoisotopic (exact) mass is 321 g/mol. The first-order valence-electron chi connectivity index (χ1n) is 7.77. The number of ether oxygens (including phenoxy) is 1. The summed E-state index contributed by atoms with van der Waals surface area (Å²) in [6, 6.07) is 20.3. The summed E-state index contributed by atoms with van der Waals surface area (Å²) in [6.07, 6.45) is 3.80. The van der Waals surface area contributed by atoms with E-state index < -0.39 is 0 Å². The summed E-state index contributed by atoms with van der Waals surface area (Å²) in [5, 5.41) is 0.549. The highest BCUT2D eigenvalue weighted by Gasteiger charge is 2.27. The third kappa shape index (κ3) is 2.71. The van der Waals surface area contributed by atoms with Crippen molar-refractivity contribution >= 4 is 11.6 Å². The molecule has 0 saturated heterocycles. The highest BCUT2D eigenvalue weighted by molar-refractivity contribution is 6.32. The van der Waals surface area contributed by atoms with E-state index in [1.807, 2.05) is 42.5 Å². The first-order chi connectivity index (χ1) is 11.3. The predicted octanol–water partition coefficient (Wildman–Crippen LogP) is 5.47. The molecule has 1 aromatic heterocycles. The zero-order valence-electron chi connectivity index (χ0n) is 12.6. The summed E-state index contributed by atoms with van der Waals surface area (Å²) in [6.45, 7) is 0. The van der Waals surface area contributed by atoms with E-state index in [4.69, 9.17) is 16.3 Å². The van der Waals surface area contributed by atoms with Crippen molar-refractivity contribution in [3.05, 3.63) is 83.1 Å². The minimum Gasteiger partial charge on any atom is -0.486 e. The van der Waals surface area contributed by atoms with Crippen LogP contribution < -0.4 is 4.74 Å². The minimum atomic E-state index is 0.0998. The second-order valence-electron chi connectivity index (χ2n) is 5.67. The molecule has 1 atom stereocenters. The second kappa shape index (κ2) is 6.05. The Morgan fingerprint density at radius 2 is 1.74 bits per heavy atom.